The lowest BCUT2D eigenvalue weighted by molar-refractivity contribution is -0.126. The van der Waals surface area contributed by atoms with Crippen molar-refractivity contribution in [3.63, 3.8) is 0 Å². The van der Waals surface area contributed by atoms with E-state index in [0.717, 1.165) is 32.5 Å². The van der Waals surface area contributed by atoms with Crippen LogP contribution in [0.4, 0.5) is 0 Å². The van der Waals surface area contributed by atoms with Gasteiger partial charge in [0, 0.05) is 24.0 Å². The Morgan fingerprint density at radius 1 is 1.23 bits per heavy atom. The molecule has 4 heteroatoms. The van der Waals surface area contributed by atoms with Crippen LogP contribution in [0.3, 0.4) is 0 Å². The van der Waals surface area contributed by atoms with Crippen molar-refractivity contribution in [1.82, 2.24) is 10.2 Å². The molecule has 1 saturated carbocycles. The number of hydrogen-bond donors (Lipinski definition) is 1. The van der Waals surface area contributed by atoms with E-state index in [0.29, 0.717) is 11.9 Å². The smallest absolute Gasteiger partial charge is 0.224 e. The number of fused-ring (bicyclic) bond motifs is 1. The monoisotopic (exact) mass is 320 g/mol. The fraction of sp³-hybridized carbons (Fsp3) is 0.722. The summed E-state index contributed by atoms with van der Waals surface area (Å²) in [6.07, 6.45) is 8.37. The second-order valence-corrected chi connectivity index (χ2v) is 7.81. The van der Waals surface area contributed by atoms with E-state index < -0.39 is 0 Å². The third-order valence-electron chi connectivity index (χ3n) is 5.27. The SMILES string of the molecule is Cc1ccsc1CN1CCCCCCNC(=O)[C@@H]2CCC[C@@H]21. The summed E-state index contributed by atoms with van der Waals surface area (Å²) in [5.41, 5.74) is 1.40. The van der Waals surface area contributed by atoms with E-state index in [2.05, 4.69) is 28.6 Å². The lowest BCUT2D eigenvalue weighted by atomic mass is 10.0. The van der Waals surface area contributed by atoms with Crippen LogP contribution >= 0.6 is 11.3 Å². The number of hydrogen-bond acceptors (Lipinski definition) is 3. The van der Waals surface area contributed by atoms with Gasteiger partial charge in [0.1, 0.15) is 0 Å². The zero-order valence-corrected chi connectivity index (χ0v) is 14.5. The number of thiophene rings is 1. The molecule has 122 valence electrons. The minimum Gasteiger partial charge on any atom is -0.356 e. The van der Waals surface area contributed by atoms with Crippen molar-refractivity contribution in [2.75, 3.05) is 13.1 Å². The summed E-state index contributed by atoms with van der Waals surface area (Å²) >= 11 is 1.86. The molecule has 22 heavy (non-hydrogen) atoms. The Morgan fingerprint density at radius 2 is 2.09 bits per heavy atom. The van der Waals surface area contributed by atoms with Crippen molar-refractivity contribution in [3.8, 4) is 0 Å². The molecule has 0 unspecified atom stereocenters. The van der Waals surface area contributed by atoms with Gasteiger partial charge < -0.3 is 5.32 Å². The van der Waals surface area contributed by atoms with Gasteiger partial charge in [-0.3, -0.25) is 9.69 Å². The van der Waals surface area contributed by atoms with Gasteiger partial charge in [-0.25, -0.2) is 0 Å². The molecule has 1 amide bonds. The topological polar surface area (TPSA) is 32.3 Å². The van der Waals surface area contributed by atoms with Crippen molar-refractivity contribution >= 4 is 17.2 Å². The number of aryl methyl sites for hydroxylation is 1. The lowest BCUT2D eigenvalue weighted by Crippen LogP contribution is -2.44. The molecule has 0 aromatic carbocycles. The van der Waals surface area contributed by atoms with Crippen molar-refractivity contribution in [1.29, 1.82) is 0 Å². The number of rotatable bonds is 2. The van der Waals surface area contributed by atoms with Crippen LogP contribution in [-0.4, -0.2) is 29.9 Å². The van der Waals surface area contributed by atoms with Crippen LogP contribution in [0, 0.1) is 12.8 Å². The summed E-state index contributed by atoms with van der Waals surface area (Å²) in [6, 6.07) is 2.66. The van der Waals surface area contributed by atoms with Gasteiger partial charge in [0.2, 0.25) is 5.91 Å². The molecule has 0 bridgehead atoms. The number of carbonyl (C=O) groups is 1. The van der Waals surface area contributed by atoms with Gasteiger partial charge >= 0.3 is 0 Å². The van der Waals surface area contributed by atoms with Crippen LogP contribution in [0.1, 0.15) is 55.4 Å². The van der Waals surface area contributed by atoms with Gasteiger partial charge in [0.25, 0.3) is 0 Å². The van der Waals surface area contributed by atoms with Crippen LogP contribution in [-0.2, 0) is 11.3 Å². The highest BCUT2D eigenvalue weighted by atomic mass is 32.1. The van der Waals surface area contributed by atoms with E-state index in [1.165, 1.54) is 42.5 Å². The Balaban J connectivity index is 1.76. The third kappa shape index (κ3) is 3.72. The molecular formula is C18H28N2OS. The molecule has 2 fully saturated rings. The number of nitrogens with one attached hydrogen (secondary N) is 1. The molecule has 1 aromatic heterocycles. The van der Waals surface area contributed by atoms with E-state index in [9.17, 15) is 4.79 Å². The van der Waals surface area contributed by atoms with E-state index in [4.69, 9.17) is 0 Å². The molecule has 0 spiro atoms. The predicted molar refractivity (Wildman–Crippen MR) is 92.1 cm³/mol. The fourth-order valence-electron chi connectivity index (χ4n) is 3.93. The van der Waals surface area contributed by atoms with Gasteiger partial charge in [-0.1, -0.05) is 19.3 Å². The highest BCUT2D eigenvalue weighted by Gasteiger charge is 2.36. The fourth-order valence-corrected chi connectivity index (χ4v) is 4.86. The maximum Gasteiger partial charge on any atom is 0.224 e. The zero-order chi connectivity index (χ0) is 15.4. The van der Waals surface area contributed by atoms with Crippen molar-refractivity contribution < 1.29 is 4.79 Å². The Bertz CT molecular complexity index is 499. The predicted octanol–water partition coefficient (Wildman–Crippen LogP) is 3.72. The van der Waals surface area contributed by atoms with Crippen molar-refractivity contribution in [3.05, 3.63) is 21.9 Å². The minimum absolute atomic E-state index is 0.207. The van der Waals surface area contributed by atoms with Crippen LogP contribution < -0.4 is 5.32 Å². The zero-order valence-electron chi connectivity index (χ0n) is 13.6. The maximum atomic E-state index is 12.5. The first kappa shape index (κ1) is 16.0. The number of carbonyl (C=O) groups excluding carboxylic acids is 1. The number of amides is 1. The molecule has 1 aliphatic carbocycles. The first-order valence-corrected chi connectivity index (χ1v) is 9.68. The first-order chi connectivity index (χ1) is 10.8. The van der Waals surface area contributed by atoms with E-state index >= 15 is 0 Å². The first-order valence-electron chi connectivity index (χ1n) is 8.80. The third-order valence-corrected chi connectivity index (χ3v) is 6.28. The summed E-state index contributed by atoms with van der Waals surface area (Å²) in [6.45, 7) is 5.24. The molecule has 0 radical (unpaired) electrons. The minimum atomic E-state index is 0.207. The second-order valence-electron chi connectivity index (χ2n) is 6.81. The van der Waals surface area contributed by atoms with E-state index in [-0.39, 0.29) is 5.92 Å². The Morgan fingerprint density at radius 3 is 2.91 bits per heavy atom. The van der Waals surface area contributed by atoms with Gasteiger partial charge in [-0.05, 0) is 56.2 Å². The second kappa shape index (κ2) is 7.60. The molecule has 1 saturated heterocycles. The normalized spacial score (nSPS) is 28.0. The Hall–Kier alpha value is -0.870. The highest BCUT2D eigenvalue weighted by Crippen LogP contribution is 2.33. The molecule has 2 heterocycles. The van der Waals surface area contributed by atoms with Crippen molar-refractivity contribution in [2.45, 2.75) is 64.5 Å². The van der Waals surface area contributed by atoms with Crippen LogP contribution in [0.5, 0.6) is 0 Å². The molecule has 3 rings (SSSR count). The molecule has 1 aromatic rings. The Labute approximate surface area is 138 Å². The van der Waals surface area contributed by atoms with Gasteiger partial charge in [-0.2, -0.15) is 0 Å². The van der Waals surface area contributed by atoms with Crippen LogP contribution in [0.15, 0.2) is 11.4 Å². The molecule has 2 aliphatic rings. The van der Waals surface area contributed by atoms with E-state index in [1.807, 2.05) is 11.3 Å². The summed E-state index contributed by atoms with van der Waals surface area (Å²) in [5, 5.41) is 5.37. The summed E-state index contributed by atoms with van der Waals surface area (Å²) in [4.78, 5) is 16.6. The molecule has 1 aliphatic heterocycles. The quantitative estimate of drug-likeness (QED) is 0.901. The largest absolute Gasteiger partial charge is 0.356 e. The molecular weight excluding hydrogens is 292 g/mol. The summed E-state index contributed by atoms with van der Waals surface area (Å²) < 4.78 is 0. The molecule has 2 atom stereocenters. The van der Waals surface area contributed by atoms with Gasteiger partial charge in [0.15, 0.2) is 0 Å². The average Bonchev–Trinajstić information content (AvgIpc) is 3.13. The van der Waals surface area contributed by atoms with Gasteiger partial charge in [0.05, 0.1) is 5.92 Å². The lowest BCUT2D eigenvalue weighted by Gasteiger charge is -2.32. The average molecular weight is 321 g/mol. The maximum absolute atomic E-state index is 12.5. The van der Waals surface area contributed by atoms with Gasteiger partial charge in [-0.15, -0.1) is 11.3 Å². The molecule has 3 nitrogen and oxygen atoms in total. The summed E-state index contributed by atoms with van der Waals surface area (Å²) in [7, 11) is 0. The van der Waals surface area contributed by atoms with E-state index in [1.54, 1.807) is 0 Å². The molecule has 1 N–H and O–H groups in total. The van der Waals surface area contributed by atoms with Crippen LogP contribution in [0.25, 0.3) is 0 Å². The van der Waals surface area contributed by atoms with Crippen LogP contribution in [0.2, 0.25) is 0 Å². The summed E-state index contributed by atoms with van der Waals surface area (Å²) in [5.74, 6) is 0.510. The number of nitrogens with zero attached hydrogens (tertiary/aromatic N) is 1. The highest BCUT2D eigenvalue weighted by molar-refractivity contribution is 7.10. The van der Waals surface area contributed by atoms with Crippen molar-refractivity contribution in [2.24, 2.45) is 5.92 Å². The standard InChI is InChI=1S/C18H28N2OS/c1-14-9-12-22-17(14)13-20-11-5-3-2-4-10-19-18(21)15-7-6-8-16(15)20/h9,12,15-16H,2-8,10-11,13H2,1H3,(H,19,21)/t15-,16+/m1/s1. The Kier molecular flexibility index (Phi) is 5.53.